The molecule has 2 rings (SSSR count). The van der Waals surface area contributed by atoms with Gasteiger partial charge in [0.1, 0.15) is 5.82 Å². The maximum absolute atomic E-state index is 13.1. The molecule has 0 bridgehead atoms. The first-order valence-electron chi connectivity index (χ1n) is 4.48. The summed E-state index contributed by atoms with van der Waals surface area (Å²) in [5.41, 5.74) is 7.00. The highest BCUT2D eigenvalue weighted by Crippen LogP contribution is 2.24. The summed E-state index contributed by atoms with van der Waals surface area (Å²) in [5, 5.41) is 2.99. The summed E-state index contributed by atoms with van der Waals surface area (Å²) < 4.78 is 13.1. The van der Waals surface area contributed by atoms with Gasteiger partial charge in [0.25, 0.3) is 0 Å². The average Bonchev–Trinajstić information content (AvgIpc) is 2.26. The molecule has 0 aliphatic rings. The standard InChI is InChI=1S/C11H10FN3/c12-9-4-1-5-10(11(9)13)15-8-3-2-6-14-7-8/h1-7,15H,13H2. The van der Waals surface area contributed by atoms with E-state index in [1.54, 1.807) is 30.6 Å². The van der Waals surface area contributed by atoms with Crippen molar-refractivity contribution >= 4 is 17.1 Å². The molecule has 2 aromatic rings. The highest BCUT2D eigenvalue weighted by Gasteiger charge is 2.03. The molecule has 76 valence electrons. The molecule has 0 saturated carbocycles. The van der Waals surface area contributed by atoms with Gasteiger partial charge in [0, 0.05) is 6.20 Å². The summed E-state index contributed by atoms with van der Waals surface area (Å²) in [4.78, 5) is 3.94. The zero-order valence-electron chi connectivity index (χ0n) is 7.94. The fourth-order valence-electron chi connectivity index (χ4n) is 1.24. The summed E-state index contributed by atoms with van der Waals surface area (Å²) in [6.45, 7) is 0. The van der Waals surface area contributed by atoms with Crippen LogP contribution in [-0.4, -0.2) is 4.98 Å². The van der Waals surface area contributed by atoms with Crippen molar-refractivity contribution in [2.24, 2.45) is 0 Å². The van der Waals surface area contributed by atoms with Crippen LogP contribution in [0.4, 0.5) is 21.5 Å². The predicted octanol–water partition coefficient (Wildman–Crippen LogP) is 2.55. The maximum Gasteiger partial charge on any atom is 0.148 e. The number of halogens is 1. The minimum atomic E-state index is -0.427. The second kappa shape index (κ2) is 3.96. The van der Waals surface area contributed by atoms with Crippen LogP contribution in [0, 0.1) is 5.82 Å². The summed E-state index contributed by atoms with van der Waals surface area (Å²) in [6.07, 6.45) is 3.31. The summed E-state index contributed by atoms with van der Waals surface area (Å²) in [7, 11) is 0. The molecule has 0 aliphatic heterocycles. The van der Waals surface area contributed by atoms with E-state index in [4.69, 9.17) is 5.73 Å². The van der Waals surface area contributed by atoms with E-state index in [1.165, 1.54) is 6.07 Å². The van der Waals surface area contributed by atoms with Gasteiger partial charge in [-0.1, -0.05) is 6.07 Å². The van der Waals surface area contributed by atoms with Crippen LogP contribution >= 0.6 is 0 Å². The van der Waals surface area contributed by atoms with Crippen molar-refractivity contribution in [1.29, 1.82) is 0 Å². The lowest BCUT2D eigenvalue weighted by molar-refractivity contribution is 0.633. The van der Waals surface area contributed by atoms with Crippen LogP contribution in [0.3, 0.4) is 0 Å². The Labute approximate surface area is 86.8 Å². The normalized spacial score (nSPS) is 9.93. The Bertz CT molecular complexity index is 457. The van der Waals surface area contributed by atoms with Crippen molar-refractivity contribution in [3.8, 4) is 0 Å². The van der Waals surface area contributed by atoms with E-state index < -0.39 is 5.82 Å². The fourth-order valence-corrected chi connectivity index (χ4v) is 1.24. The van der Waals surface area contributed by atoms with Gasteiger partial charge in [-0.2, -0.15) is 0 Å². The molecule has 0 spiro atoms. The molecule has 0 fully saturated rings. The van der Waals surface area contributed by atoms with Gasteiger partial charge in [0.05, 0.1) is 23.3 Å². The number of nitrogens with two attached hydrogens (primary N) is 1. The van der Waals surface area contributed by atoms with Crippen molar-refractivity contribution < 1.29 is 4.39 Å². The molecule has 0 aliphatic carbocycles. The molecule has 1 aromatic carbocycles. The van der Waals surface area contributed by atoms with E-state index in [0.717, 1.165) is 5.69 Å². The first kappa shape index (κ1) is 9.45. The van der Waals surface area contributed by atoms with Gasteiger partial charge in [-0.25, -0.2) is 4.39 Å². The van der Waals surface area contributed by atoms with Crippen molar-refractivity contribution in [1.82, 2.24) is 4.98 Å². The van der Waals surface area contributed by atoms with Gasteiger partial charge in [-0.05, 0) is 24.3 Å². The Morgan fingerprint density at radius 2 is 2.07 bits per heavy atom. The molecule has 0 amide bonds. The van der Waals surface area contributed by atoms with Gasteiger partial charge < -0.3 is 11.1 Å². The summed E-state index contributed by atoms with van der Waals surface area (Å²) in [5.74, 6) is -0.427. The maximum atomic E-state index is 13.1. The quantitative estimate of drug-likeness (QED) is 0.737. The van der Waals surface area contributed by atoms with Gasteiger partial charge in [0.15, 0.2) is 0 Å². The van der Waals surface area contributed by atoms with Crippen molar-refractivity contribution in [2.45, 2.75) is 0 Å². The molecule has 3 nitrogen and oxygen atoms in total. The van der Waals surface area contributed by atoms with Crippen LogP contribution in [-0.2, 0) is 0 Å². The molecule has 3 N–H and O–H groups in total. The molecule has 0 saturated heterocycles. The number of pyridine rings is 1. The Balaban J connectivity index is 2.29. The van der Waals surface area contributed by atoms with E-state index in [2.05, 4.69) is 10.3 Å². The zero-order chi connectivity index (χ0) is 10.7. The predicted molar refractivity (Wildman–Crippen MR) is 58.3 cm³/mol. The van der Waals surface area contributed by atoms with Crippen molar-refractivity contribution in [3.63, 3.8) is 0 Å². The molecular weight excluding hydrogens is 193 g/mol. The van der Waals surface area contributed by atoms with Gasteiger partial charge in [0.2, 0.25) is 0 Å². The third-order valence-corrected chi connectivity index (χ3v) is 1.99. The highest BCUT2D eigenvalue weighted by molar-refractivity contribution is 5.72. The number of benzene rings is 1. The molecule has 1 heterocycles. The first-order valence-corrected chi connectivity index (χ1v) is 4.48. The number of hydrogen-bond donors (Lipinski definition) is 2. The van der Waals surface area contributed by atoms with Crippen LogP contribution in [0.5, 0.6) is 0 Å². The van der Waals surface area contributed by atoms with Gasteiger partial charge in [-0.3, -0.25) is 4.98 Å². The minimum absolute atomic E-state index is 0.112. The third kappa shape index (κ3) is 2.04. The third-order valence-electron chi connectivity index (χ3n) is 1.99. The largest absolute Gasteiger partial charge is 0.395 e. The second-order valence-corrected chi connectivity index (χ2v) is 3.07. The van der Waals surface area contributed by atoms with Crippen molar-refractivity contribution in [2.75, 3.05) is 11.1 Å². The molecule has 0 atom stereocenters. The van der Waals surface area contributed by atoms with E-state index >= 15 is 0 Å². The van der Waals surface area contributed by atoms with Gasteiger partial charge in [-0.15, -0.1) is 0 Å². The lowest BCUT2D eigenvalue weighted by Gasteiger charge is -2.08. The monoisotopic (exact) mass is 203 g/mol. The number of hydrogen-bond acceptors (Lipinski definition) is 3. The van der Waals surface area contributed by atoms with Crippen LogP contribution in [0.1, 0.15) is 0 Å². The molecule has 0 radical (unpaired) electrons. The van der Waals surface area contributed by atoms with Crippen LogP contribution in [0.25, 0.3) is 0 Å². The molecule has 0 unspecified atom stereocenters. The number of aromatic nitrogens is 1. The number of anilines is 3. The van der Waals surface area contributed by atoms with E-state index in [0.29, 0.717) is 5.69 Å². The number of nitrogens with zero attached hydrogens (tertiary/aromatic N) is 1. The topological polar surface area (TPSA) is 50.9 Å². The average molecular weight is 203 g/mol. The van der Waals surface area contributed by atoms with E-state index in [9.17, 15) is 4.39 Å². The number of rotatable bonds is 2. The lowest BCUT2D eigenvalue weighted by Crippen LogP contribution is -1.98. The zero-order valence-corrected chi connectivity index (χ0v) is 7.94. The Kier molecular flexibility index (Phi) is 2.49. The molecular formula is C11H10FN3. The highest BCUT2D eigenvalue weighted by atomic mass is 19.1. The Morgan fingerprint density at radius 1 is 1.20 bits per heavy atom. The number of nitrogen functional groups attached to an aromatic ring is 1. The minimum Gasteiger partial charge on any atom is -0.395 e. The van der Waals surface area contributed by atoms with Crippen LogP contribution < -0.4 is 11.1 Å². The summed E-state index contributed by atoms with van der Waals surface area (Å²) in [6, 6.07) is 8.26. The molecule has 1 aromatic heterocycles. The van der Waals surface area contributed by atoms with Gasteiger partial charge >= 0.3 is 0 Å². The fraction of sp³-hybridized carbons (Fsp3) is 0. The Hall–Kier alpha value is -2.10. The number of para-hydroxylation sites is 1. The SMILES string of the molecule is Nc1c(F)cccc1Nc1cccnc1. The summed E-state index contributed by atoms with van der Waals surface area (Å²) >= 11 is 0. The smallest absolute Gasteiger partial charge is 0.148 e. The molecule has 15 heavy (non-hydrogen) atoms. The first-order chi connectivity index (χ1) is 7.27. The van der Waals surface area contributed by atoms with E-state index in [-0.39, 0.29) is 5.69 Å². The Morgan fingerprint density at radius 3 is 2.80 bits per heavy atom. The second-order valence-electron chi connectivity index (χ2n) is 3.07. The van der Waals surface area contributed by atoms with Crippen LogP contribution in [0.15, 0.2) is 42.7 Å². The van der Waals surface area contributed by atoms with Crippen molar-refractivity contribution in [3.05, 3.63) is 48.5 Å². The lowest BCUT2D eigenvalue weighted by atomic mass is 10.2. The number of nitrogens with one attached hydrogen (secondary N) is 1. The van der Waals surface area contributed by atoms with E-state index in [1.807, 2.05) is 6.07 Å². The van der Waals surface area contributed by atoms with Crippen LogP contribution in [0.2, 0.25) is 0 Å². The molecule has 4 heteroatoms.